The summed E-state index contributed by atoms with van der Waals surface area (Å²) in [5, 5.41) is 7.98. The van der Waals surface area contributed by atoms with E-state index in [9.17, 15) is 14.4 Å². The third-order valence-corrected chi connectivity index (χ3v) is 3.42. The molecule has 2 rings (SSSR count). The van der Waals surface area contributed by atoms with Crippen molar-refractivity contribution in [3.63, 3.8) is 0 Å². The lowest BCUT2D eigenvalue weighted by atomic mass is 10.1. The van der Waals surface area contributed by atoms with Crippen LogP contribution in [-0.4, -0.2) is 24.8 Å². The third-order valence-electron chi connectivity index (χ3n) is 3.42. The molecule has 0 aromatic heterocycles. The number of hydrogen-bond donors (Lipinski definition) is 3. The summed E-state index contributed by atoms with van der Waals surface area (Å²) in [6.45, 7) is 3.25. The molecule has 6 nitrogen and oxygen atoms in total. The van der Waals surface area contributed by atoms with Gasteiger partial charge in [0.25, 0.3) is 11.8 Å². The summed E-state index contributed by atoms with van der Waals surface area (Å²) in [5.74, 6) is -0.751. The molecule has 0 radical (unpaired) electrons. The van der Waals surface area contributed by atoms with Gasteiger partial charge < -0.3 is 16.0 Å². The lowest BCUT2D eigenvalue weighted by molar-refractivity contribution is -0.114. The van der Waals surface area contributed by atoms with Crippen LogP contribution in [0.25, 0.3) is 0 Å². The van der Waals surface area contributed by atoms with Gasteiger partial charge in [0.15, 0.2) is 0 Å². The van der Waals surface area contributed by atoms with E-state index in [1.165, 1.54) is 6.92 Å². The number of carbonyl (C=O) groups is 3. The van der Waals surface area contributed by atoms with Crippen LogP contribution in [0, 0.1) is 6.92 Å². The van der Waals surface area contributed by atoms with E-state index in [0.29, 0.717) is 22.5 Å². The Morgan fingerprint density at radius 2 is 1.58 bits per heavy atom. The first-order valence-corrected chi connectivity index (χ1v) is 7.42. The highest BCUT2D eigenvalue weighted by molar-refractivity contribution is 6.06. The van der Waals surface area contributed by atoms with Gasteiger partial charge in [-0.25, -0.2) is 0 Å². The van der Waals surface area contributed by atoms with E-state index in [1.54, 1.807) is 49.5 Å². The molecule has 3 amide bonds. The zero-order valence-corrected chi connectivity index (χ0v) is 13.8. The number of hydrogen-bond acceptors (Lipinski definition) is 3. The van der Waals surface area contributed by atoms with Crippen molar-refractivity contribution in [1.82, 2.24) is 5.32 Å². The number of benzene rings is 2. The molecule has 0 atom stereocenters. The molecule has 3 N–H and O–H groups in total. The molecule has 24 heavy (non-hydrogen) atoms. The first-order valence-electron chi connectivity index (χ1n) is 7.42. The minimum atomic E-state index is -0.320. The van der Waals surface area contributed by atoms with Crippen molar-refractivity contribution >= 4 is 29.1 Å². The molecule has 0 fully saturated rings. The topological polar surface area (TPSA) is 87.3 Å². The zero-order chi connectivity index (χ0) is 17.7. The van der Waals surface area contributed by atoms with Crippen LogP contribution in [0.4, 0.5) is 11.4 Å². The minimum Gasteiger partial charge on any atom is -0.355 e. The molecule has 0 spiro atoms. The van der Waals surface area contributed by atoms with Gasteiger partial charge in [-0.3, -0.25) is 14.4 Å². The van der Waals surface area contributed by atoms with E-state index in [0.717, 1.165) is 5.56 Å². The largest absolute Gasteiger partial charge is 0.355 e. The monoisotopic (exact) mass is 325 g/mol. The van der Waals surface area contributed by atoms with Crippen LogP contribution < -0.4 is 16.0 Å². The predicted molar refractivity (Wildman–Crippen MR) is 93.3 cm³/mol. The van der Waals surface area contributed by atoms with E-state index in [4.69, 9.17) is 0 Å². The number of aryl methyl sites for hydroxylation is 1. The molecular formula is C18H19N3O3. The molecule has 0 saturated heterocycles. The smallest absolute Gasteiger partial charge is 0.255 e. The van der Waals surface area contributed by atoms with Crippen molar-refractivity contribution in [2.45, 2.75) is 13.8 Å². The Balaban J connectivity index is 2.23. The fraction of sp³-hybridized carbons (Fsp3) is 0.167. The highest BCUT2D eigenvalue weighted by Gasteiger charge is 2.11. The first-order chi connectivity index (χ1) is 11.4. The van der Waals surface area contributed by atoms with Crippen LogP contribution in [0.15, 0.2) is 42.5 Å². The second-order valence-corrected chi connectivity index (χ2v) is 5.32. The van der Waals surface area contributed by atoms with Crippen LogP contribution in [0.3, 0.4) is 0 Å². The summed E-state index contributed by atoms with van der Waals surface area (Å²) in [4.78, 5) is 35.3. The van der Waals surface area contributed by atoms with E-state index >= 15 is 0 Å². The molecule has 124 valence electrons. The van der Waals surface area contributed by atoms with Crippen LogP contribution in [0.5, 0.6) is 0 Å². The molecule has 2 aromatic carbocycles. The summed E-state index contributed by atoms with van der Waals surface area (Å²) in [7, 11) is 1.55. The van der Waals surface area contributed by atoms with Gasteiger partial charge in [0.05, 0.1) is 0 Å². The number of rotatable bonds is 4. The Morgan fingerprint density at radius 3 is 2.25 bits per heavy atom. The second-order valence-electron chi connectivity index (χ2n) is 5.32. The Kier molecular flexibility index (Phi) is 5.31. The molecule has 0 aliphatic carbocycles. The van der Waals surface area contributed by atoms with Crippen LogP contribution >= 0.6 is 0 Å². The SMILES string of the molecule is CNC(=O)c1ccc(C)c(NC(=O)c2cccc(NC(C)=O)c2)c1. The van der Waals surface area contributed by atoms with Crippen LogP contribution in [0.2, 0.25) is 0 Å². The molecule has 0 aliphatic rings. The van der Waals surface area contributed by atoms with E-state index in [-0.39, 0.29) is 17.7 Å². The minimum absolute atomic E-state index is 0.207. The Morgan fingerprint density at radius 1 is 0.875 bits per heavy atom. The zero-order valence-electron chi connectivity index (χ0n) is 13.8. The predicted octanol–water partition coefficient (Wildman–Crippen LogP) is 2.57. The highest BCUT2D eigenvalue weighted by atomic mass is 16.2. The first kappa shape index (κ1) is 17.2. The maximum Gasteiger partial charge on any atom is 0.255 e. The maximum absolute atomic E-state index is 12.4. The van der Waals surface area contributed by atoms with Gasteiger partial charge in [0.2, 0.25) is 5.91 Å². The van der Waals surface area contributed by atoms with E-state index in [2.05, 4.69) is 16.0 Å². The fourth-order valence-electron chi connectivity index (χ4n) is 2.18. The number of anilines is 2. The molecular weight excluding hydrogens is 306 g/mol. The maximum atomic E-state index is 12.4. The van der Waals surface area contributed by atoms with E-state index in [1.807, 2.05) is 6.92 Å². The molecule has 0 bridgehead atoms. The summed E-state index contributed by atoms with van der Waals surface area (Å²) in [5.41, 5.74) is 2.82. The van der Waals surface area contributed by atoms with Crippen LogP contribution in [0.1, 0.15) is 33.2 Å². The van der Waals surface area contributed by atoms with E-state index < -0.39 is 0 Å². The Bertz CT molecular complexity index is 800. The van der Waals surface area contributed by atoms with Crippen molar-refractivity contribution in [1.29, 1.82) is 0 Å². The number of amides is 3. The average Bonchev–Trinajstić information content (AvgIpc) is 2.55. The van der Waals surface area contributed by atoms with Crippen molar-refractivity contribution in [3.05, 3.63) is 59.2 Å². The van der Waals surface area contributed by atoms with Crippen molar-refractivity contribution < 1.29 is 14.4 Å². The van der Waals surface area contributed by atoms with Gasteiger partial charge in [-0.1, -0.05) is 12.1 Å². The van der Waals surface area contributed by atoms with Crippen molar-refractivity contribution in [2.24, 2.45) is 0 Å². The number of nitrogens with one attached hydrogen (secondary N) is 3. The molecule has 0 aliphatic heterocycles. The summed E-state index contributed by atoms with van der Waals surface area (Å²) in [6, 6.07) is 11.7. The van der Waals surface area contributed by atoms with Gasteiger partial charge in [0, 0.05) is 36.5 Å². The molecule has 0 saturated carbocycles. The standard InChI is InChI=1S/C18H19N3O3/c1-11-7-8-14(17(23)19-3)10-16(11)21-18(24)13-5-4-6-15(9-13)20-12(2)22/h4-10H,1-3H3,(H,19,23)(H,20,22)(H,21,24). The molecule has 2 aromatic rings. The summed E-state index contributed by atoms with van der Waals surface area (Å²) in [6.07, 6.45) is 0. The summed E-state index contributed by atoms with van der Waals surface area (Å²) >= 11 is 0. The molecule has 0 heterocycles. The third kappa shape index (κ3) is 4.19. The number of carbonyl (C=O) groups excluding carboxylic acids is 3. The highest BCUT2D eigenvalue weighted by Crippen LogP contribution is 2.19. The quantitative estimate of drug-likeness (QED) is 0.807. The van der Waals surface area contributed by atoms with Crippen LogP contribution in [-0.2, 0) is 4.79 Å². The Labute approximate surface area is 140 Å². The lowest BCUT2D eigenvalue weighted by Gasteiger charge is -2.11. The Hall–Kier alpha value is -3.15. The van der Waals surface area contributed by atoms with Gasteiger partial charge in [-0.15, -0.1) is 0 Å². The molecule has 0 unspecified atom stereocenters. The van der Waals surface area contributed by atoms with Gasteiger partial charge in [-0.2, -0.15) is 0 Å². The van der Waals surface area contributed by atoms with Crippen molar-refractivity contribution in [2.75, 3.05) is 17.7 Å². The summed E-state index contributed by atoms with van der Waals surface area (Å²) < 4.78 is 0. The van der Waals surface area contributed by atoms with Crippen molar-refractivity contribution in [3.8, 4) is 0 Å². The van der Waals surface area contributed by atoms with Gasteiger partial charge in [0.1, 0.15) is 0 Å². The average molecular weight is 325 g/mol. The lowest BCUT2D eigenvalue weighted by Crippen LogP contribution is -2.19. The molecule has 6 heteroatoms. The van der Waals surface area contributed by atoms with Gasteiger partial charge >= 0.3 is 0 Å². The second kappa shape index (κ2) is 7.41. The van der Waals surface area contributed by atoms with Gasteiger partial charge in [-0.05, 0) is 42.8 Å². The normalized spacial score (nSPS) is 9.96. The fourth-order valence-corrected chi connectivity index (χ4v) is 2.18.